The number of nitro groups is 1. The molecule has 1 atom stereocenters. The Labute approximate surface area is 123 Å². The summed E-state index contributed by atoms with van der Waals surface area (Å²) in [5.41, 5.74) is 8.56. The molecule has 0 unspecified atom stereocenters. The van der Waals surface area contributed by atoms with Crippen molar-refractivity contribution in [3.05, 3.63) is 33.4 Å². The predicted molar refractivity (Wildman–Crippen MR) is 73.6 cm³/mol. The Morgan fingerprint density at radius 1 is 1.23 bits per heavy atom. The minimum absolute atomic E-state index is 0.255. The normalized spacial score (nSPS) is 11.7. The van der Waals surface area contributed by atoms with Gasteiger partial charge in [-0.2, -0.15) is 0 Å². The largest absolute Gasteiger partial charge is 0.481 e. The summed E-state index contributed by atoms with van der Waals surface area (Å²) in [5, 5.41) is 28.6. The Hall–Kier alpha value is -3.01. The minimum Gasteiger partial charge on any atom is -0.481 e. The number of anilines is 1. The summed E-state index contributed by atoms with van der Waals surface area (Å²) in [6.07, 6.45) is -0.667. The molecule has 0 bridgehead atoms. The molecule has 1 aromatic carbocycles. The van der Waals surface area contributed by atoms with Crippen LogP contribution in [0.1, 0.15) is 33.6 Å². The summed E-state index contributed by atoms with van der Waals surface area (Å²) in [6, 6.07) is 0.568. The molecule has 0 heterocycles. The van der Waals surface area contributed by atoms with Gasteiger partial charge in [0.25, 0.3) is 5.69 Å². The van der Waals surface area contributed by atoms with Crippen molar-refractivity contribution in [2.45, 2.75) is 18.9 Å². The molecule has 1 rings (SSSR count). The van der Waals surface area contributed by atoms with Gasteiger partial charge in [0.15, 0.2) is 5.78 Å². The molecule has 0 spiro atoms. The fourth-order valence-corrected chi connectivity index (χ4v) is 1.84. The smallest absolute Gasteiger partial charge is 0.343 e. The van der Waals surface area contributed by atoms with Crippen LogP contribution in [0.25, 0.3) is 0 Å². The summed E-state index contributed by atoms with van der Waals surface area (Å²) >= 11 is 0. The zero-order valence-corrected chi connectivity index (χ0v) is 11.2. The maximum atomic E-state index is 12.2. The molecule has 0 saturated carbocycles. The first kappa shape index (κ1) is 17.0. The number of Topliss-reactive ketones (excluding diaryl/α,β-unsaturated/α-hetero) is 1. The first-order chi connectivity index (χ1) is 10.2. The highest BCUT2D eigenvalue weighted by molar-refractivity contribution is 6.13. The van der Waals surface area contributed by atoms with Crippen LogP contribution in [0.3, 0.4) is 0 Å². The number of benzene rings is 1. The third-order valence-corrected chi connectivity index (χ3v) is 2.88. The van der Waals surface area contributed by atoms with Crippen LogP contribution in [0.4, 0.5) is 11.4 Å². The zero-order chi connectivity index (χ0) is 17.0. The van der Waals surface area contributed by atoms with Gasteiger partial charge in [-0.25, -0.2) is 4.79 Å². The molecule has 0 fully saturated rings. The summed E-state index contributed by atoms with van der Waals surface area (Å²) in [4.78, 5) is 43.8. The van der Waals surface area contributed by atoms with Crippen LogP contribution in [0, 0.1) is 10.1 Å². The van der Waals surface area contributed by atoms with E-state index in [-0.39, 0.29) is 12.1 Å². The van der Waals surface area contributed by atoms with E-state index in [9.17, 15) is 24.5 Å². The Kier molecular flexibility index (Phi) is 5.13. The van der Waals surface area contributed by atoms with E-state index in [2.05, 4.69) is 0 Å². The molecule has 1 aromatic rings. The average Bonchev–Trinajstić information content (AvgIpc) is 2.42. The standard InChI is InChI=1S/C12H13N3O7/c13-5-1-3-7(15(21)22)10(12(19)20)9(5)11(18)6(14)2-4-8(16)17/h1,3,6H,2,4,13-14H2,(H,16,17)(H,19,20)/t6-/m0/s1. The number of carbonyl (C=O) groups excluding carboxylic acids is 1. The second-order valence-electron chi connectivity index (χ2n) is 4.39. The van der Waals surface area contributed by atoms with E-state index in [1.165, 1.54) is 0 Å². The number of nitrogens with two attached hydrogens (primary N) is 2. The van der Waals surface area contributed by atoms with Crippen molar-refractivity contribution >= 4 is 29.1 Å². The van der Waals surface area contributed by atoms with Gasteiger partial charge in [-0.1, -0.05) is 0 Å². The first-order valence-electron chi connectivity index (χ1n) is 5.98. The topological polar surface area (TPSA) is 187 Å². The summed E-state index contributed by atoms with van der Waals surface area (Å²) < 4.78 is 0. The Bertz CT molecular complexity index is 656. The molecule has 0 radical (unpaired) electrons. The van der Waals surface area contributed by atoms with Gasteiger partial charge >= 0.3 is 11.9 Å². The summed E-state index contributed by atoms with van der Waals surface area (Å²) in [6.45, 7) is 0. The van der Waals surface area contributed by atoms with E-state index >= 15 is 0 Å². The van der Waals surface area contributed by atoms with Crippen LogP contribution in [-0.2, 0) is 4.79 Å². The molecule has 0 saturated heterocycles. The average molecular weight is 311 g/mol. The highest BCUT2D eigenvalue weighted by atomic mass is 16.6. The number of rotatable bonds is 7. The third kappa shape index (κ3) is 3.55. The maximum absolute atomic E-state index is 12.2. The van der Waals surface area contributed by atoms with Crippen LogP contribution in [-0.4, -0.2) is 38.9 Å². The number of carbonyl (C=O) groups is 3. The fourth-order valence-electron chi connectivity index (χ4n) is 1.84. The van der Waals surface area contributed by atoms with Crippen LogP contribution in [0.5, 0.6) is 0 Å². The van der Waals surface area contributed by atoms with Crippen LogP contribution >= 0.6 is 0 Å². The van der Waals surface area contributed by atoms with Crippen molar-refractivity contribution in [2.75, 3.05) is 5.73 Å². The van der Waals surface area contributed by atoms with Gasteiger partial charge in [-0.05, 0) is 12.5 Å². The molecule has 22 heavy (non-hydrogen) atoms. The number of carboxylic acids is 2. The quantitative estimate of drug-likeness (QED) is 0.237. The zero-order valence-electron chi connectivity index (χ0n) is 11.2. The Morgan fingerprint density at radius 2 is 1.82 bits per heavy atom. The Morgan fingerprint density at radius 3 is 2.27 bits per heavy atom. The highest BCUT2D eigenvalue weighted by Gasteiger charge is 2.31. The molecule has 10 nitrogen and oxygen atoms in total. The molecule has 0 aliphatic heterocycles. The SMILES string of the molecule is Nc1ccc([N+](=O)[O-])c(C(=O)O)c1C(=O)[C@@H](N)CCC(=O)O. The number of ketones is 1. The fraction of sp³-hybridized carbons (Fsp3) is 0.250. The molecular formula is C12H13N3O7. The molecular weight excluding hydrogens is 298 g/mol. The number of aromatic carboxylic acids is 1. The van der Waals surface area contributed by atoms with E-state index in [0.717, 1.165) is 12.1 Å². The first-order valence-corrected chi connectivity index (χ1v) is 5.98. The molecule has 0 aromatic heterocycles. The number of hydrogen-bond donors (Lipinski definition) is 4. The molecule has 6 N–H and O–H groups in total. The molecule has 0 amide bonds. The number of carboxylic acid groups (broad SMARTS) is 2. The van der Waals surface area contributed by atoms with Crippen LogP contribution in [0.15, 0.2) is 12.1 Å². The minimum atomic E-state index is -1.70. The molecule has 0 aliphatic carbocycles. The van der Waals surface area contributed by atoms with Gasteiger partial charge in [0.05, 0.1) is 16.5 Å². The molecule has 0 aliphatic rings. The number of aliphatic carboxylic acids is 1. The van der Waals surface area contributed by atoms with Gasteiger partial charge < -0.3 is 21.7 Å². The lowest BCUT2D eigenvalue weighted by Gasteiger charge is -2.13. The number of hydrogen-bond acceptors (Lipinski definition) is 7. The van der Waals surface area contributed by atoms with Crippen molar-refractivity contribution in [3.63, 3.8) is 0 Å². The lowest BCUT2D eigenvalue weighted by atomic mass is 9.94. The lowest BCUT2D eigenvalue weighted by Crippen LogP contribution is -2.33. The van der Waals surface area contributed by atoms with Gasteiger partial charge in [-0.3, -0.25) is 19.7 Å². The molecule has 10 heteroatoms. The van der Waals surface area contributed by atoms with Crippen LogP contribution in [0.2, 0.25) is 0 Å². The van der Waals surface area contributed by atoms with E-state index in [1.807, 2.05) is 0 Å². The third-order valence-electron chi connectivity index (χ3n) is 2.88. The van der Waals surface area contributed by atoms with Gasteiger partial charge in [0, 0.05) is 18.2 Å². The lowest BCUT2D eigenvalue weighted by molar-refractivity contribution is -0.385. The van der Waals surface area contributed by atoms with E-state index in [4.69, 9.17) is 21.7 Å². The maximum Gasteiger partial charge on any atom is 0.343 e. The summed E-state index contributed by atoms with van der Waals surface area (Å²) in [7, 11) is 0. The van der Waals surface area contributed by atoms with Crippen molar-refractivity contribution in [3.8, 4) is 0 Å². The number of nitrogen functional groups attached to an aromatic ring is 1. The van der Waals surface area contributed by atoms with Crippen molar-refractivity contribution in [1.29, 1.82) is 0 Å². The Balaban J connectivity index is 3.36. The molecule has 118 valence electrons. The van der Waals surface area contributed by atoms with Crippen molar-refractivity contribution in [1.82, 2.24) is 0 Å². The van der Waals surface area contributed by atoms with Gasteiger partial charge in [0.2, 0.25) is 0 Å². The monoisotopic (exact) mass is 311 g/mol. The second kappa shape index (κ2) is 6.63. The predicted octanol–water partition coefficient (Wildman–Crippen LogP) is 0.250. The van der Waals surface area contributed by atoms with E-state index in [1.54, 1.807) is 0 Å². The van der Waals surface area contributed by atoms with Crippen molar-refractivity contribution < 1.29 is 29.5 Å². The number of nitrogens with zero attached hydrogens (tertiary/aromatic N) is 1. The van der Waals surface area contributed by atoms with Crippen LogP contribution < -0.4 is 11.5 Å². The van der Waals surface area contributed by atoms with E-state index < -0.39 is 51.9 Å². The highest BCUT2D eigenvalue weighted by Crippen LogP contribution is 2.28. The van der Waals surface area contributed by atoms with Gasteiger partial charge in [-0.15, -0.1) is 0 Å². The van der Waals surface area contributed by atoms with E-state index in [0.29, 0.717) is 0 Å². The summed E-state index contributed by atoms with van der Waals surface area (Å²) in [5.74, 6) is -3.85. The van der Waals surface area contributed by atoms with Gasteiger partial charge in [0.1, 0.15) is 5.56 Å². The second-order valence-corrected chi connectivity index (χ2v) is 4.39. The number of nitro benzene ring substituents is 1. The van der Waals surface area contributed by atoms with Crippen molar-refractivity contribution in [2.24, 2.45) is 5.73 Å².